The van der Waals surface area contributed by atoms with E-state index in [0.29, 0.717) is 24.7 Å². The van der Waals surface area contributed by atoms with Crippen LogP contribution in [0.3, 0.4) is 0 Å². The molecule has 3 rings (SSSR count). The Hall–Kier alpha value is -1.13. The number of carbonyl (C=O) groups excluding carboxylic acids is 1. The SMILES string of the molecule is CCc1nc(SCC(=O)N(CC2CCCO2)C2CCS(=O)(=O)C2)n[nH]1. The molecule has 140 valence electrons. The molecular formula is C15H24N4O4S2. The summed E-state index contributed by atoms with van der Waals surface area (Å²) in [6, 6.07) is -0.249. The summed E-state index contributed by atoms with van der Waals surface area (Å²) in [6.07, 6.45) is 3.17. The van der Waals surface area contributed by atoms with Crippen molar-refractivity contribution in [2.45, 2.75) is 49.9 Å². The van der Waals surface area contributed by atoms with E-state index in [2.05, 4.69) is 15.2 Å². The molecule has 0 saturated carbocycles. The van der Waals surface area contributed by atoms with Crippen molar-refractivity contribution >= 4 is 27.5 Å². The molecule has 2 unspecified atom stereocenters. The Morgan fingerprint density at radius 2 is 2.28 bits per heavy atom. The molecule has 8 nitrogen and oxygen atoms in total. The third-order valence-electron chi connectivity index (χ3n) is 4.56. The van der Waals surface area contributed by atoms with E-state index in [0.717, 1.165) is 25.1 Å². The molecule has 2 aliphatic rings. The summed E-state index contributed by atoms with van der Waals surface area (Å²) in [6.45, 7) is 3.15. The fourth-order valence-corrected chi connectivity index (χ4v) is 5.63. The fourth-order valence-electron chi connectivity index (χ4n) is 3.19. The van der Waals surface area contributed by atoms with Crippen LogP contribution in [0.2, 0.25) is 0 Å². The van der Waals surface area contributed by atoms with Gasteiger partial charge in [-0.3, -0.25) is 9.89 Å². The summed E-state index contributed by atoms with van der Waals surface area (Å²) in [5, 5.41) is 7.45. The van der Waals surface area contributed by atoms with E-state index in [4.69, 9.17) is 4.74 Å². The number of nitrogens with one attached hydrogen (secondary N) is 1. The summed E-state index contributed by atoms with van der Waals surface area (Å²) in [4.78, 5) is 18.8. The number of nitrogens with zero attached hydrogens (tertiary/aromatic N) is 3. The van der Waals surface area contributed by atoms with Crippen molar-refractivity contribution in [2.75, 3.05) is 30.4 Å². The number of ether oxygens (including phenoxy) is 1. The van der Waals surface area contributed by atoms with Crippen LogP contribution >= 0.6 is 11.8 Å². The molecule has 0 radical (unpaired) electrons. The van der Waals surface area contributed by atoms with Crippen molar-refractivity contribution in [1.82, 2.24) is 20.1 Å². The predicted octanol–water partition coefficient (Wildman–Crippen LogP) is 0.654. The minimum absolute atomic E-state index is 0.00690. The van der Waals surface area contributed by atoms with Crippen LogP contribution in [0.1, 0.15) is 32.0 Å². The van der Waals surface area contributed by atoms with Gasteiger partial charge in [-0.2, -0.15) is 0 Å². The second kappa shape index (κ2) is 8.05. The molecular weight excluding hydrogens is 364 g/mol. The zero-order chi connectivity index (χ0) is 17.9. The van der Waals surface area contributed by atoms with Crippen molar-refractivity contribution < 1.29 is 17.9 Å². The topological polar surface area (TPSA) is 105 Å². The lowest BCUT2D eigenvalue weighted by Crippen LogP contribution is -2.46. The molecule has 1 amide bonds. The first-order valence-electron chi connectivity index (χ1n) is 8.62. The number of carbonyl (C=O) groups is 1. The first kappa shape index (κ1) is 18.7. The lowest BCUT2D eigenvalue weighted by molar-refractivity contribution is -0.131. The Bertz CT molecular complexity index is 700. The average Bonchev–Trinajstić information content (AvgIpc) is 3.31. The van der Waals surface area contributed by atoms with Crippen LogP contribution in [0.15, 0.2) is 5.16 Å². The van der Waals surface area contributed by atoms with E-state index in [1.54, 1.807) is 4.90 Å². The highest BCUT2D eigenvalue weighted by Crippen LogP contribution is 2.23. The Morgan fingerprint density at radius 1 is 1.44 bits per heavy atom. The lowest BCUT2D eigenvalue weighted by Gasteiger charge is -2.30. The van der Waals surface area contributed by atoms with E-state index in [-0.39, 0.29) is 35.3 Å². The Labute approximate surface area is 152 Å². The van der Waals surface area contributed by atoms with Crippen LogP contribution in [0, 0.1) is 0 Å². The third kappa shape index (κ3) is 4.95. The molecule has 10 heteroatoms. The van der Waals surface area contributed by atoms with Crippen LogP contribution in [0.4, 0.5) is 0 Å². The van der Waals surface area contributed by atoms with E-state index in [1.807, 2.05) is 6.92 Å². The molecule has 2 aliphatic heterocycles. The van der Waals surface area contributed by atoms with Gasteiger partial charge in [-0.1, -0.05) is 18.7 Å². The molecule has 1 aromatic heterocycles. The summed E-state index contributed by atoms with van der Waals surface area (Å²) in [5.74, 6) is 1.11. The largest absolute Gasteiger partial charge is 0.376 e. The van der Waals surface area contributed by atoms with Gasteiger partial charge in [-0.15, -0.1) is 5.10 Å². The third-order valence-corrected chi connectivity index (χ3v) is 7.15. The van der Waals surface area contributed by atoms with Crippen LogP contribution in [0.5, 0.6) is 0 Å². The van der Waals surface area contributed by atoms with E-state index >= 15 is 0 Å². The number of hydrogen-bond donors (Lipinski definition) is 1. The zero-order valence-electron chi connectivity index (χ0n) is 14.3. The number of aromatic nitrogens is 3. The van der Waals surface area contributed by atoms with Crippen molar-refractivity contribution in [1.29, 1.82) is 0 Å². The second-order valence-corrected chi connectivity index (χ2v) is 9.62. The van der Waals surface area contributed by atoms with Gasteiger partial charge in [0.15, 0.2) is 9.84 Å². The smallest absolute Gasteiger partial charge is 0.233 e. The number of aromatic amines is 1. The van der Waals surface area contributed by atoms with E-state index in [9.17, 15) is 13.2 Å². The van der Waals surface area contributed by atoms with Crippen molar-refractivity contribution in [3.8, 4) is 0 Å². The van der Waals surface area contributed by atoms with Crippen molar-refractivity contribution in [2.24, 2.45) is 0 Å². The maximum Gasteiger partial charge on any atom is 0.233 e. The normalized spacial score (nSPS) is 25.3. The Morgan fingerprint density at radius 3 is 2.88 bits per heavy atom. The van der Waals surface area contributed by atoms with Gasteiger partial charge in [0, 0.05) is 25.6 Å². The summed E-state index contributed by atoms with van der Waals surface area (Å²) >= 11 is 1.27. The molecule has 25 heavy (non-hydrogen) atoms. The molecule has 2 atom stereocenters. The van der Waals surface area contributed by atoms with Crippen LogP contribution in [0.25, 0.3) is 0 Å². The van der Waals surface area contributed by atoms with Gasteiger partial charge in [0.2, 0.25) is 11.1 Å². The predicted molar refractivity (Wildman–Crippen MR) is 94.2 cm³/mol. The molecule has 0 aromatic carbocycles. The van der Waals surface area contributed by atoms with E-state index in [1.165, 1.54) is 11.8 Å². The van der Waals surface area contributed by atoms with Crippen LogP contribution in [-0.4, -0.2) is 77.0 Å². The number of hydrogen-bond acceptors (Lipinski definition) is 7. The highest BCUT2D eigenvalue weighted by atomic mass is 32.2. The van der Waals surface area contributed by atoms with Crippen molar-refractivity contribution in [3.63, 3.8) is 0 Å². The number of rotatable bonds is 7. The Kier molecular flexibility index (Phi) is 6.00. The maximum absolute atomic E-state index is 12.8. The summed E-state index contributed by atoms with van der Waals surface area (Å²) < 4.78 is 29.3. The molecule has 0 spiro atoms. The quantitative estimate of drug-likeness (QED) is 0.684. The average molecular weight is 389 g/mol. The standard InChI is InChI=1S/C15H24N4O4S2/c1-2-13-16-15(18-17-13)24-9-14(20)19(8-12-4-3-6-23-12)11-5-7-25(21,22)10-11/h11-12H,2-10H2,1H3,(H,16,17,18). The van der Waals surface area contributed by atoms with Crippen LogP contribution in [-0.2, 0) is 25.8 Å². The molecule has 2 fully saturated rings. The monoisotopic (exact) mass is 388 g/mol. The molecule has 2 saturated heterocycles. The first-order chi connectivity index (χ1) is 12.0. The number of thioether (sulfide) groups is 1. The van der Waals surface area contributed by atoms with Gasteiger partial charge >= 0.3 is 0 Å². The fraction of sp³-hybridized carbons (Fsp3) is 0.800. The second-order valence-electron chi connectivity index (χ2n) is 6.44. The Balaban J connectivity index is 1.63. The van der Waals surface area contributed by atoms with Crippen molar-refractivity contribution in [3.05, 3.63) is 5.82 Å². The minimum Gasteiger partial charge on any atom is -0.376 e. The van der Waals surface area contributed by atoms with Gasteiger partial charge in [-0.25, -0.2) is 13.4 Å². The maximum atomic E-state index is 12.8. The number of H-pyrrole nitrogens is 1. The van der Waals surface area contributed by atoms with Gasteiger partial charge in [0.25, 0.3) is 0 Å². The molecule has 0 bridgehead atoms. The summed E-state index contributed by atoms with van der Waals surface area (Å²) in [5.41, 5.74) is 0. The van der Waals surface area contributed by atoms with Gasteiger partial charge in [0.1, 0.15) is 5.82 Å². The molecule has 1 aromatic rings. The zero-order valence-corrected chi connectivity index (χ0v) is 15.9. The molecule has 0 aliphatic carbocycles. The number of sulfone groups is 1. The molecule has 3 heterocycles. The minimum atomic E-state index is -3.05. The highest BCUT2D eigenvalue weighted by Gasteiger charge is 2.36. The molecule has 1 N–H and O–H groups in total. The number of amides is 1. The summed E-state index contributed by atoms with van der Waals surface area (Å²) in [7, 11) is -3.05. The van der Waals surface area contributed by atoms with Gasteiger partial charge in [-0.05, 0) is 19.3 Å². The van der Waals surface area contributed by atoms with Gasteiger partial charge < -0.3 is 9.64 Å². The van der Waals surface area contributed by atoms with E-state index < -0.39 is 9.84 Å². The number of aryl methyl sites for hydroxylation is 1. The first-order valence-corrected chi connectivity index (χ1v) is 11.4. The van der Waals surface area contributed by atoms with Crippen LogP contribution < -0.4 is 0 Å². The lowest BCUT2D eigenvalue weighted by atomic mass is 10.1. The highest BCUT2D eigenvalue weighted by molar-refractivity contribution is 7.99. The van der Waals surface area contributed by atoms with Gasteiger partial charge in [0.05, 0.1) is 23.4 Å².